The zero-order valence-corrected chi connectivity index (χ0v) is 8.22. The maximum absolute atomic E-state index is 11.6. The van der Waals surface area contributed by atoms with Crippen LogP contribution in [-0.2, 0) is 4.79 Å². The zero-order valence-electron chi connectivity index (χ0n) is 8.22. The van der Waals surface area contributed by atoms with E-state index in [2.05, 4.69) is 6.58 Å². The normalized spacial score (nSPS) is 37.8. The van der Waals surface area contributed by atoms with Crippen LogP contribution in [0.1, 0.15) is 44.9 Å². The Kier molecular flexibility index (Phi) is 2.27. The number of fused-ring (bicyclic) bond motifs is 1. The van der Waals surface area contributed by atoms with E-state index in [1.165, 1.54) is 19.3 Å². The van der Waals surface area contributed by atoms with Crippen LogP contribution in [-0.4, -0.2) is 5.78 Å². The van der Waals surface area contributed by atoms with E-state index in [1.807, 2.05) is 6.08 Å². The van der Waals surface area contributed by atoms with Crippen molar-refractivity contribution in [2.45, 2.75) is 44.9 Å². The molecule has 1 heteroatoms. The fourth-order valence-electron chi connectivity index (χ4n) is 3.30. The molecule has 0 aromatic rings. The molecule has 0 heterocycles. The molecule has 2 saturated carbocycles. The van der Waals surface area contributed by atoms with E-state index >= 15 is 0 Å². The second-order valence-electron chi connectivity index (χ2n) is 4.60. The van der Waals surface area contributed by atoms with E-state index in [4.69, 9.17) is 0 Å². The molecule has 0 spiro atoms. The summed E-state index contributed by atoms with van der Waals surface area (Å²) in [4.78, 5) is 11.6. The summed E-state index contributed by atoms with van der Waals surface area (Å²) in [5.74, 6) is 0.967. The van der Waals surface area contributed by atoms with Crippen LogP contribution >= 0.6 is 0 Å². The quantitative estimate of drug-likeness (QED) is 0.607. The van der Waals surface area contributed by atoms with Crippen molar-refractivity contribution in [3.63, 3.8) is 0 Å². The van der Waals surface area contributed by atoms with Crippen LogP contribution in [0.3, 0.4) is 0 Å². The molecule has 0 saturated heterocycles. The molecule has 0 N–H and O–H groups in total. The van der Waals surface area contributed by atoms with Gasteiger partial charge in [-0.3, -0.25) is 4.79 Å². The molecule has 0 bridgehead atoms. The molecule has 0 amide bonds. The number of hydrogen-bond acceptors (Lipinski definition) is 1. The number of rotatable bonds is 3. The minimum absolute atomic E-state index is 0.408. The molecule has 2 fully saturated rings. The Morgan fingerprint density at radius 3 is 3.15 bits per heavy atom. The minimum atomic E-state index is 0.408. The third-order valence-corrected chi connectivity index (χ3v) is 4.01. The van der Waals surface area contributed by atoms with Crippen LogP contribution < -0.4 is 0 Å². The van der Waals surface area contributed by atoms with Gasteiger partial charge in [0, 0.05) is 12.3 Å². The number of ketones is 1. The number of carbonyl (C=O) groups excluding carboxylic acids is 1. The highest BCUT2D eigenvalue weighted by Gasteiger charge is 2.49. The molecule has 0 radical (unpaired) electrons. The third kappa shape index (κ3) is 1.34. The summed E-state index contributed by atoms with van der Waals surface area (Å²) in [6.07, 6.45) is 10.0. The summed E-state index contributed by atoms with van der Waals surface area (Å²) in [7, 11) is 0. The first-order valence-corrected chi connectivity index (χ1v) is 5.42. The van der Waals surface area contributed by atoms with Crippen molar-refractivity contribution < 1.29 is 4.79 Å². The van der Waals surface area contributed by atoms with E-state index < -0.39 is 0 Å². The molecule has 2 aliphatic rings. The molecule has 1 nitrogen and oxygen atoms in total. The van der Waals surface area contributed by atoms with Gasteiger partial charge in [0.15, 0.2) is 0 Å². The van der Waals surface area contributed by atoms with Crippen LogP contribution in [0.25, 0.3) is 0 Å². The summed E-state index contributed by atoms with van der Waals surface area (Å²) in [5, 5.41) is 0. The second kappa shape index (κ2) is 3.28. The van der Waals surface area contributed by atoms with Crippen LogP contribution in [0.15, 0.2) is 12.7 Å². The van der Waals surface area contributed by atoms with Crippen molar-refractivity contribution in [1.29, 1.82) is 0 Å². The lowest BCUT2D eigenvalue weighted by molar-refractivity contribution is -0.121. The van der Waals surface area contributed by atoms with Crippen LogP contribution in [0, 0.1) is 11.3 Å². The van der Waals surface area contributed by atoms with Gasteiger partial charge in [0.1, 0.15) is 5.78 Å². The lowest BCUT2D eigenvalue weighted by atomic mass is 9.76. The van der Waals surface area contributed by atoms with Crippen LogP contribution in [0.4, 0.5) is 0 Å². The molecule has 0 aromatic heterocycles. The van der Waals surface area contributed by atoms with Crippen molar-refractivity contribution in [2.24, 2.45) is 11.3 Å². The minimum Gasteiger partial charge on any atom is -0.299 e. The lowest BCUT2D eigenvalue weighted by Gasteiger charge is -2.27. The summed E-state index contributed by atoms with van der Waals surface area (Å²) in [6, 6.07) is 0. The van der Waals surface area contributed by atoms with Gasteiger partial charge in [0.2, 0.25) is 0 Å². The molecule has 0 aliphatic heterocycles. The van der Waals surface area contributed by atoms with Gasteiger partial charge in [-0.05, 0) is 37.5 Å². The largest absolute Gasteiger partial charge is 0.299 e. The van der Waals surface area contributed by atoms with Crippen molar-refractivity contribution in [3.05, 3.63) is 12.7 Å². The molecular weight excluding hydrogens is 160 g/mol. The van der Waals surface area contributed by atoms with E-state index in [1.54, 1.807) is 0 Å². The van der Waals surface area contributed by atoms with E-state index in [-0.39, 0.29) is 0 Å². The number of Topliss-reactive ketones (excluding diaryl/α,β-unsaturated/α-hetero) is 1. The Morgan fingerprint density at radius 1 is 1.54 bits per heavy atom. The van der Waals surface area contributed by atoms with E-state index in [0.29, 0.717) is 17.1 Å². The standard InChI is InChI=1S/C12H18O/c1-2-3-7-12-8-4-5-10(12)11(13)6-9-12/h2,10H,1,3-9H2. The number of carbonyl (C=O) groups is 1. The van der Waals surface area contributed by atoms with Gasteiger partial charge in [-0.15, -0.1) is 6.58 Å². The molecule has 2 atom stereocenters. The highest BCUT2D eigenvalue weighted by Crippen LogP contribution is 2.55. The molecule has 2 aliphatic carbocycles. The smallest absolute Gasteiger partial charge is 0.136 e. The fourth-order valence-corrected chi connectivity index (χ4v) is 3.30. The van der Waals surface area contributed by atoms with Gasteiger partial charge in [-0.25, -0.2) is 0 Å². The monoisotopic (exact) mass is 178 g/mol. The first kappa shape index (κ1) is 8.98. The summed E-state index contributed by atoms with van der Waals surface area (Å²) >= 11 is 0. The number of hydrogen-bond donors (Lipinski definition) is 0. The number of allylic oxidation sites excluding steroid dienone is 1. The molecule has 13 heavy (non-hydrogen) atoms. The van der Waals surface area contributed by atoms with Gasteiger partial charge in [0.25, 0.3) is 0 Å². The second-order valence-corrected chi connectivity index (χ2v) is 4.60. The Labute approximate surface area is 80.2 Å². The third-order valence-electron chi connectivity index (χ3n) is 4.01. The van der Waals surface area contributed by atoms with Gasteiger partial charge < -0.3 is 0 Å². The average molecular weight is 178 g/mol. The van der Waals surface area contributed by atoms with Gasteiger partial charge in [-0.1, -0.05) is 12.5 Å². The molecule has 0 aromatic carbocycles. The zero-order chi connectivity index (χ0) is 9.31. The van der Waals surface area contributed by atoms with Crippen molar-refractivity contribution in [2.75, 3.05) is 0 Å². The van der Waals surface area contributed by atoms with E-state index in [9.17, 15) is 4.79 Å². The molecule has 2 rings (SSSR count). The predicted octanol–water partition coefficient (Wildman–Crippen LogP) is 3.10. The van der Waals surface area contributed by atoms with Gasteiger partial charge in [-0.2, -0.15) is 0 Å². The van der Waals surface area contributed by atoms with Crippen LogP contribution in [0.5, 0.6) is 0 Å². The summed E-state index contributed by atoms with van der Waals surface area (Å²) in [5.41, 5.74) is 0.408. The van der Waals surface area contributed by atoms with Gasteiger partial charge >= 0.3 is 0 Å². The maximum Gasteiger partial charge on any atom is 0.136 e. The Balaban J connectivity index is 2.10. The molecule has 72 valence electrons. The maximum atomic E-state index is 11.6. The lowest BCUT2D eigenvalue weighted by Crippen LogP contribution is -2.22. The topological polar surface area (TPSA) is 17.1 Å². The summed E-state index contributed by atoms with van der Waals surface area (Å²) in [6.45, 7) is 3.77. The highest BCUT2D eigenvalue weighted by molar-refractivity contribution is 5.84. The van der Waals surface area contributed by atoms with E-state index in [0.717, 1.165) is 25.7 Å². The Hall–Kier alpha value is -0.590. The Bertz CT molecular complexity index is 231. The summed E-state index contributed by atoms with van der Waals surface area (Å²) < 4.78 is 0. The highest BCUT2D eigenvalue weighted by atomic mass is 16.1. The average Bonchev–Trinajstić information content (AvgIpc) is 2.65. The molecule has 2 unspecified atom stereocenters. The first-order valence-electron chi connectivity index (χ1n) is 5.42. The molecular formula is C12H18O. The van der Waals surface area contributed by atoms with Crippen molar-refractivity contribution in [3.8, 4) is 0 Å². The van der Waals surface area contributed by atoms with Crippen LogP contribution in [0.2, 0.25) is 0 Å². The van der Waals surface area contributed by atoms with Gasteiger partial charge in [0.05, 0.1) is 0 Å². The van der Waals surface area contributed by atoms with Crippen molar-refractivity contribution in [1.82, 2.24) is 0 Å². The predicted molar refractivity (Wildman–Crippen MR) is 53.4 cm³/mol. The Morgan fingerprint density at radius 2 is 2.38 bits per heavy atom. The fraction of sp³-hybridized carbons (Fsp3) is 0.750. The van der Waals surface area contributed by atoms with Crippen molar-refractivity contribution >= 4 is 5.78 Å². The SMILES string of the molecule is C=CCCC12CCCC1C(=O)CC2. The first-order chi connectivity index (χ1) is 6.28.